The van der Waals surface area contributed by atoms with Gasteiger partial charge in [0.25, 0.3) is 0 Å². The van der Waals surface area contributed by atoms with Crippen LogP contribution in [0.5, 0.6) is 0 Å². The van der Waals surface area contributed by atoms with Crippen molar-refractivity contribution in [2.45, 2.75) is 6.54 Å². The standard InChI is InChI=1S/C13H22N6O4/c1-23-5-2-14-13(22)19-4-3-18(7-10(8-19)12(20)21)9-11-6-15-17-16-11/h6,10H,2-5,7-9H2,1H3,(H,14,22)(H,20,21)(H,15,16,17). The second-order valence-corrected chi connectivity index (χ2v) is 5.40. The molecule has 0 aromatic carbocycles. The fourth-order valence-corrected chi connectivity index (χ4v) is 2.47. The Morgan fingerprint density at radius 1 is 1.48 bits per heavy atom. The SMILES string of the molecule is COCCNC(=O)N1CCN(Cc2cn[nH]n2)CC(C(=O)O)C1. The van der Waals surface area contributed by atoms with Crippen LogP contribution in [-0.4, -0.2) is 88.8 Å². The van der Waals surface area contributed by atoms with Crippen molar-refractivity contribution < 1.29 is 19.4 Å². The first-order valence-corrected chi connectivity index (χ1v) is 7.41. The number of nitrogens with one attached hydrogen (secondary N) is 2. The molecular weight excluding hydrogens is 304 g/mol. The second-order valence-electron chi connectivity index (χ2n) is 5.40. The summed E-state index contributed by atoms with van der Waals surface area (Å²) in [6, 6.07) is -0.267. The normalized spacial score (nSPS) is 19.3. The lowest BCUT2D eigenvalue weighted by Crippen LogP contribution is -2.44. The molecule has 0 radical (unpaired) electrons. The summed E-state index contributed by atoms with van der Waals surface area (Å²) in [5.41, 5.74) is 0.743. The Kier molecular flexibility index (Phi) is 6.29. The van der Waals surface area contributed by atoms with Crippen molar-refractivity contribution in [3.8, 4) is 0 Å². The van der Waals surface area contributed by atoms with Gasteiger partial charge in [-0.1, -0.05) is 0 Å². The van der Waals surface area contributed by atoms with Crippen LogP contribution >= 0.6 is 0 Å². The molecule has 0 bridgehead atoms. The van der Waals surface area contributed by atoms with E-state index in [1.807, 2.05) is 4.90 Å². The highest BCUT2D eigenvalue weighted by Gasteiger charge is 2.30. The predicted octanol–water partition coefficient (Wildman–Crippen LogP) is -1.02. The second kappa shape index (κ2) is 8.44. The summed E-state index contributed by atoms with van der Waals surface area (Å²) in [5, 5.41) is 22.4. The molecule has 1 saturated heterocycles. The number of aliphatic carboxylic acids is 1. The van der Waals surface area contributed by atoms with Crippen LogP contribution in [0.25, 0.3) is 0 Å². The molecule has 1 atom stereocenters. The average Bonchev–Trinajstić information content (AvgIpc) is 2.92. The molecular formula is C13H22N6O4. The minimum atomic E-state index is -0.910. The topological polar surface area (TPSA) is 124 Å². The number of carboxylic acid groups (broad SMARTS) is 1. The molecule has 1 aromatic rings. The van der Waals surface area contributed by atoms with E-state index in [0.29, 0.717) is 39.3 Å². The number of amides is 2. The molecule has 1 aliphatic rings. The van der Waals surface area contributed by atoms with Gasteiger partial charge in [-0.2, -0.15) is 15.4 Å². The lowest BCUT2D eigenvalue weighted by molar-refractivity contribution is -0.142. The third-order valence-corrected chi connectivity index (χ3v) is 3.67. The first-order valence-electron chi connectivity index (χ1n) is 7.41. The molecule has 10 heteroatoms. The number of hydrogen-bond donors (Lipinski definition) is 3. The van der Waals surface area contributed by atoms with Gasteiger partial charge in [-0.15, -0.1) is 0 Å². The van der Waals surface area contributed by atoms with Crippen LogP contribution in [0.1, 0.15) is 5.69 Å². The summed E-state index contributed by atoms with van der Waals surface area (Å²) >= 11 is 0. The number of H-pyrrole nitrogens is 1. The summed E-state index contributed by atoms with van der Waals surface area (Å²) in [5.74, 6) is -1.55. The van der Waals surface area contributed by atoms with E-state index in [1.165, 1.54) is 4.90 Å². The van der Waals surface area contributed by atoms with Crippen molar-refractivity contribution in [2.24, 2.45) is 5.92 Å². The molecule has 2 rings (SSSR count). The smallest absolute Gasteiger partial charge is 0.317 e. The first kappa shape index (κ1) is 17.2. The van der Waals surface area contributed by atoms with Crippen LogP contribution in [0.2, 0.25) is 0 Å². The number of carbonyl (C=O) groups excluding carboxylic acids is 1. The molecule has 0 saturated carbocycles. The largest absolute Gasteiger partial charge is 0.481 e. The van der Waals surface area contributed by atoms with Crippen LogP contribution in [0.3, 0.4) is 0 Å². The number of carbonyl (C=O) groups is 2. The van der Waals surface area contributed by atoms with Gasteiger partial charge in [0.1, 0.15) is 0 Å². The number of hydrogen-bond acceptors (Lipinski definition) is 6. The Morgan fingerprint density at radius 3 is 2.96 bits per heavy atom. The van der Waals surface area contributed by atoms with E-state index < -0.39 is 11.9 Å². The third-order valence-electron chi connectivity index (χ3n) is 3.67. The Bertz CT molecular complexity index is 509. The minimum absolute atomic E-state index is 0.184. The molecule has 2 amide bonds. The molecule has 0 spiro atoms. The average molecular weight is 326 g/mol. The van der Waals surface area contributed by atoms with Crippen LogP contribution in [0.4, 0.5) is 4.79 Å². The Labute approximate surface area is 133 Å². The lowest BCUT2D eigenvalue weighted by Gasteiger charge is -2.22. The van der Waals surface area contributed by atoms with Gasteiger partial charge in [-0.3, -0.25) is 9.69 Å². The quantitative estimate of drug-likeness (QED) is 0.572. The van der Waals surface area contributed by atoms with Crippen molar-refractivity contribution in [1.82, 2.24) is 30.5 Å². The maximum atomic E-state index is 12.1. The van der Waals surface area contributed by atoms with Gasteiger partial charge in [0.05, 0.1) is 24.4 Å². The van der Waals surface area contributed by atoms with E-state index in [-0.39, 0.29) is 12.6 Å². The van der Waals surface area contributed by atoms with E-state index in [1.54, 1.807) is 13.3 Å². The minimum Gasteiger partial charge on any atom is -0.481 e. The van der Waals surface area contributed by atoms with Crippen molar-refractivity contribution in [2.75, 3.05) is 46.4 Å². The zero-order chi connectivity index (χ0) is 16.7. The van der Waals surface area contributed by atoms with Gasteiger partial charge in [0, 0.05) is 46.4 Å². The zero-order valence-electron chi connectivity index (χ0n) is 13.1. The van der Waals surface area contributed by atoms with Gasteiger partial charge < -0.3 is 20.1 Å². The Hall–Kier alpha value is -2.20. The number of nitrogens with zero attached hydrogens (tertiary/aromatic N) is 4. The maximum absolute atomic E-state index is 12.1. The number of aromatic nitrogens is 3. The maximum Gasteiger partial charge on any atom is 0.317 e. The van der Waals surface area contributed by atoms with Crippen LogP contribution in [-0.2, 0) is 16.1 Å². The van der Waals surface area contributed by atoms with Gasteiger partial charge in [-0.25, -0.2) is 4.79 Å². The Balaban J connectivity index is 1.96. The summed E-state index contributed by atoms with van der Waals surface area (Å²) in [6.07, 6.45) is 1.61. The van der Waals surface area contributed by atoms with Crippen molar-refractivity contribution in [3.63, 3.8) is 0 Å². The van der Waals surface area contributed by atoms with E-state index >= 15 is 0 Å². The summed E-state index contributed by atoms with van der Waals surface area (Å²) in [4.78, 5) is 27.1. The van der Waals surface area contributed by atoms with Crippen LogP contribution < -0.4 is 5.32 Å². The predicted molar refractivity (Wildman–Crippen MR) is 79.6 cm³/mol. The third kappa shape index (κ3) is 5.18. The summed E-state index contributed by atoms with van der Waals surface area (Å²) < 4.78 is 4.89. The molecule has 1 fully saturated rings. The number of urea groups is 1. The van der Waals surface area contributed by atoms with E-state index in [0.717, 1.165) is 5.69 Å². The molecule has 1 unspecified atom stereocenters. The van der Waals surface area contributed by atoms with Crippen molar-refractivity contribution in [3.05, 3.63) is 11.9 Å². The number of ether oxygens (including phenoxy) is 1. The molecule has 0 aliphatic carbocycles. The van der Waals surface area contributed by atoms with Gasteiger partial charge in [0.2, 0.25) is 0 Å². The fraction of sp³-hybridized carbons (Fsp3) is 0.692. The molecule has 3 N–H and O–H groups in total. The van der Waals surface area contributed by atoms with Gasteiger partial charge in [-0.05, 0) is 0 Å². The lowest BCUT2D eigenvalue weighted by atomic mass is 10.1. The molecule has 1 aromatic heterocycles. The molecule has 128 valence electrons. The first-order chi connectivity index (χ1) is 11.1. The highest BCUT2D eigenvalue weighted by molar-refractivity contribution is 5.76. The van der Waals surface area contributed by atoms with E-state index in [2.05, 4.69) is 20.7 Å². The van der Waals surface area contributed by atoms with Crippen LogP contribution in [0.15, 0.2) is 6.20 Å². The number of carboxylic acids is 1. The number of rotatable bonds is 6. The zero-order valence-corrected chi connectivity index (χ0v) is 13.1. The summed E-state index contributed by atoms with van der Waals surface area (Å²) in [7, 11) is 1.56. The highest BCUT2D eigenvalue weighted by Crippen LogP contribution is 2.12. The number of aromatic amines is 1. The molecule has 2 heterocycles. The molecule has 1 aliphatic heterocycles. The summed E-state index contributed by atoms with van der Waals surface area (Å²) in [6.45, 7) is 2.90. The van der Waals surface area contributed by atoms with E-state index in [9.17, 15) is 14.7 Å². The van der Waals surface area contributed by atoms with Gasteiger partial charge in [0.15, 0.2) is 0 Å². The molecule has 23 heavy (non-hydrogen) atoms. The van der Waals surface area contributed by atoms with Crippen molar-refractivity contribution >= 4 is 12.0 Å². The molecule has 10 nitrogen and oxygen atoms in total. The fourth-order valence-electron chi connectivity index (χ4n) is 2.47. The van der Waals surface area contributed by atoms with Crippen molar-refractivity contribution in [1.29, 1.82) is 0 Å². The Morgan fingerprint density at radius 2 is 2.30 bits per heavy atom. The van der Waals surface area contributed by atoms with Crippen LogP contribution in [0, 0.1) is 5.92 Å². The number of methoxy groups -OCH3 is 1. The van der Waals surface area contributed by atoms with E-state index in [4.69, 9.17) is 4.74 Å². The monoisotopic (exact) mass is 326 g/mol. The van der Waals surface area contributed by atoms with Gasteiger partial charge >= 0.3 is 12.0 Å². The highest BCUT2D eigenvalue weighted by atomic mass is 16.5.